The summed E-state index contributed by atoms with van der Waals surface area (Å²) in [6.07, 6.45) is -4.87. The van der Waals surface area contributed by atoms with Crippen molar-refractivity contribution >= 4 is 40.4 Å². The highest BCUT2D eigenvalue weighted by atomic mass is 35.5. The molecule has 7 nitrogen and oxygen atoms in total. The lowest BCUT2D eigenvalue weighted by atomic mass is 10.2. The standard InChI is InChI=1S/C10H8ClF3N6OS/c1-20-9(17-18-19-20)16-8(22)4-2-3-5(7(15)6(4)11)21-10(12,13)14/h2-3H,15H2,1H3,(H,16,17,19,22). The van der Waals surface area contributed by atoms with Crippen molar-refractivity contribution in [2.24, 2.45) is 7.05 Å². The molecule has 0 atom stereocenters. The highest BCUT2D eigenvalue weighted by molar-refractivity contribution is 7.81. The highest BCUT2D eigenvalue weighted by Gasteiger charge is 2.32. The molecule has 0 bridgehead atoms. The minimum absolute atomic E-state index is 0.0909. The second kappa shape index (κ2) is 5.93. The van der Waals surface area contributed by atoms with Crippen molar-refractivity contribution in [1.29, 1.82) is 0 Å². The number of aromatic nitrogens is 4. The number of benzene rings is 1. The Balaban J connectivity index is 2.27. The predicted octanol–water partition coefficient (Wildman–Crippen LogP) is 2.13. The third-order valence-electron chi connectivity index (χ3n) is 2.46. The number of nitrogens with one attached hydrogen (secondary N) is 1. The number of nitrogens with two attached hydrogens (primary N) is 1. The summed E-state index contributed by atoms with van der Waals surface area (Å²) in [5.41, 5.74) is 5.38. The van der Waals surface area contributed by atoms with Gasteiger partial charge in [-0.2, -0.15) is 0 Å². The molecule has 12 heteroatoms. The number of halogens is 4. The quantitative estimate of drug-likeness (QED) is 0.646. The minimum atomic E-state index is -4.87. The van der Waals surface area contributed by atoms with Gasteiger partial charge in [-0.05, 0) is 22.6 Å². The summed E-state index contributed by atoms with van der Waals surface area (Å²) in [5.74, 6) is -0.375. The van der Waals surface area contributed by atoms with Gasteiger partial charge in [0, 0.05) is 12.6 Å². The molecule has 3 N–H and O–H groups in total. The first kappa shape index (κ1) is 16.2. The first-order valence-corrected chi connectivity index (χ1v) is 6.35. The SMILES string of the molecule is Cn1nnnc1NC(=S)c1ccc(OC(F)(F)F)c(N)c1Cl. The Bertz CT molecular complexity index is 719. The predicted molar refractivity (Wildman–Crippen MR) is 76.7 cm³/mol. The summed E-state index contributed by atoms with van der Waals surface area (Å²) in [6, 6.07) is 2.27. The van der Waals surface area contributed by atoms with Crippen LogP contribution < -0.4 is 15.8 Å². The fraction of sp³-hybridized carbons (Fsp3) is 0.200. The Kier molecular flexibility index (Phi) is 4.37. The molecule has 0 amide bonds. The molecular weight excluding hydrogens is 345 g/mol. The van der Waals surface area contributed by atoms with Crippen LogP contribution in [0.15, 0.2) is 12.1 Å². The number of thiocarbonyl (C=S) groups is 1. The monoisotopic (exact) mass is 352 g/mol. The Morgan fingerprint density at radius 1 is 1.45 bits per heavy atom. The fourth-order valence-corrected chi connectivity index (χ4v) is 2.04. The zero-order valence-corrected chi connectivity index (χ0v) is 12.4. The van der Waals surface area contributed by atoms with E-state index in [4.69, 9.17) is 29.6 Å². The summed E-state index contributed by atoms with van der Waals surface area (Å²) in [6.45, 7) is 0. The number of aryl methyl sites for hydroxylation is 1. The van der Waals surface area contributed by atoms with Crippen LogP contribution in [-0.4, -0.2) is 31.6 Å². The van der Waals surface area contributed by atoms with Crippen LogP contribution in [0, 0.1) is 0 Å². The van der Waals surface area contributed by atoms with E-state index in [2.05, 4.69) is 25.6 Å². The number of nitrogen functional groups attached to an aromatic ring is 1. The van der Waals surface area contributed by atoms with E-state index in [-0.39, 0.29) is 27.2 Å². The number of nitrogens with zero attached hydrogens (tertiary/aromatic N) is 4. The summed E-state index contributed by atoms with van der Waals surface area (Å²) >= 11 is 11.0. The maximum atomic E-state index is 12.2. The van der Waals surface area contributed by atoms with E-state index in [9.17, 15) is 13.2 Å². The van der Waals surface area contributed by atoms with E-state index in [0.717, 1.165) is 6.07 Å². The van der Waals surface area contributed by atoms with Crippen LogP contribution in [0.3, 0.4) is 0 Å². The van der Waals surface area contributed by atoms with Crippen molar-refractivity contribution in [2.45, 2.75) is 6.36 Å². The van der Waals surface area contributed by atoms with Gasteiger partial charge < -0.3 is 15.8 Å². The fourth-order valence-electron chi connectivity index (χ4n) is 1.47. The van der Waals surface area contributed by atoms with E-state index in [1.165, 1.54) is 10.7 Å². The summed E-state index contributed by atoms with van der Waals surface area (Å²) in [5, 5.41) is 13.2. The normalized spacial score (nSPS) is 11.3. The van der Waals surface area contributed by atoms with Crippen LogP contribution in [0.25, 0.3) is 0 Å². The van der Waals surface area contributed by atoms with Crippen LogP contribution in [0.5, 0.6) is 5.75 Å². The molecule has 2 rings (SSSR count). The number of ether oxygens (including phenoxy) is 1. The van der Waals surface area contributed by atoms with Gasteiger partial charge in [-0.25, -0.2) is 4.68 Å². The van der Waals surface area contributed by atoms with Gasteiger partial charge in [0.15, 0.2) is 5.75 Å². The van der Waals surface area contributed by atoms with Gasteiger partial charge in [-0.15, -0.1) is 13.2 Å². The molecule has 0 aliphatic heterocycles. The van der Waals surface area contributed by atoms with Crippen molar-refractivity contribution < 1.29 is 17.9 Å². The zero-order valence-electron chi connectivity index (χ0n) is 10.8. The number of rotatable bonds is 3. The van der Waals surface area contributed by atoms with Crippen LogP contribution in [0.1, 0.15) is 5.56 Å². The largest absolute Gasteiger partial charge is 0.573 e. The van der Waals surface area contributed by atoms with E-state index >= 15 is 0 Å². The molecule has 1 aromatic carbocycles. The van der Waals surface area contributed by atoms with Crippen molar-refractivity contribution in [3.63, 3.8) is 0 Å². The van der Waals surface area contributed by atoms with Gasteiger partial charge in [0.1, 0.15) is 4.99 Å². The summed E-state index contributed by atoms with van der Waals surface area (Å²) < 4.78 is 41.7. The number of tetrazole rings is 1. The second-order valence-corrected chi connectivity index (χ2v) is 4.75. The molecule has 1 aromatic heterocycles. The smallest absolute Gasteiger partial charge is 0.404 e. The lowest BCUT2D eigenvalue weighted by Crippen LogP contribution is -2.19. The van der Waals surface area contributed by atoms with Crippen molar-refractivity contribution in [1.82, 2.24) is 20.2 Å². The maximum absolute atomic E-state index is 12.2. The minimum Gasteiger partial charge on any atom is -0.404 e. The average Bonchev–Trinajstić information content (AvgIpc) is 2.79. The lowest BCUT2D eigenvalue weighted by molar-refractivity contribution is -0.274. The summed E-state index contributed by atoms with van der Waals surface area (Å²) in [4.78, 5) is 0.0909. The molecule has 0 aliphatic rings. The van der Waals surface area contributed by atoms with Gasteiger partial charge in [-0.1, -0.05) is 28.9 Å². The molecule has 0 aliphatic carbocycles. The molecule has 0 saturated carbocycles. The molecule has 0 radical (unpaired) electrons. The van der Waals surface area contributed by atoms with E-state index in [0.29, 0.717) is 0 Å². The molecule has 2 aromatic rings. The Morgan fingerprint density at radius 3 is 2.68 bits per heavy atom. The molecular formula is C10H8ClF3N6OS. The number of alkyl halides is 3. The molecule has 0 spiro atoms. The highest BCUT2D eigenvalue weighted by Crippen LogP contribution is 2.36. The summed E-state index contributed by atoms with van der Waals surface area (Å²) in [7, 11) is 1.57. The van der Waals surface area contributed by atoms with Crippen LogP contribution in [-0.2, 0) is 7.05 Å². The van der Waals surface area contributed by atoms with Crippen LogP contribution >= 0.6 is 23.8 Å². The van der Waals surface area contributed by atoms with E-state index < -0.39 is 12.1 Å². The average molecular weight is 353 g/mol. The van der Waals surface area contributed by atoms with Gasteiger partial charge in [0.2, 0.25) is 5.95 Å². The van der Waals surface area contributed by atoms with Gasteiger partial charge in [-0.3, -0.25) is 0 Å². The van der Waals surface area contributed by atoms with Crippen LogP contribution in [0.4, 0.5) is 24.8 Å². The molecule has 1 heterocycles. The number of anilines is 2. The second-order valence-electron chi connectivity index (χ2n) is 3.97. The molecule has 0 saturated heterocycles. The van der Waals surface area contributed by atoms with Gasteiger partial charge >= 0.3 is 6.36 Å². The van der Waals surface area contributed by atoms with Crippen molar-refractivity contribution in [3.8, 4) is 5.75 Å². The Morgan fingerprint density at radius 2 is 2.14 bits per heavy atom. The lowest BCUT2D eigenvalue weighted by Gasteiger charge is -2.14. The number of hydrogen-bond donors (Lipinski definition) is 2. The topological polar surface area (TPSA) is 90.9 Å². The van der Waals surface area contributed by atoms with E-state index in [1.54, 1.807) is 7.05 Å². The van der Waals surface area contributed by atoms with Gasteiger partial charge in [0.25, 0.3) is 0 Å². The van der Waals surface area contributed by atoms with E-state index in [1.807, 2.05) is 0 Å². The number of hydrogen-bond acceptors (Lipinski definition) is 6. The molecule has 118 valence electrons. The van der Waals surface area contributed by atoms with Gasteiger partial charge in [0.05, 0.1) is 10.7 Å². The third kappa shape index (κ3) is 3.54. The third-order valence-corrected chi connectivity index (χ3v) is 3.18. The first-order chi connectivity index (χ1) is 10.2. The Hall–Kier alpha value is -2.14. The zero-order chi connectivity index (χ0) is 16.5. The first-order valence-electron chi connectivity index (χ1n) is 5.56. The molecule has 22 heavy (non-hydrogen) atoms. The molecule has 0 fully saturated rings. The van der Waals surface area contributed by atoms with Crippen LogP contribution in [0.2, 0.25) is 5.02 Å². The van der Waals surface area contributed by atoms with Crippen molar-refractivity contribution in [2.75, 3.05) is 11.1 Å². The van der Waals surface area contributed by atoms with Crippen molar-refractivity contribution in [3.05, 3.63) is 22.7 Å². The Labute approximate surface area is 132 Å². The maximum Gasteiger partial charge on any atom is 0.573 e. The molecule has 0 unspecified atom stereocenters.